The largest absolute Gasteiger partial charge is 0.352 e. The molecule has 6 heteroatoms. The predicted molar refractivity (Wildman–Crippen MR) is 137 cm³/mol. The number of halogens is 1. The lowest BCUT2D eigenvalue weighted by Gasteiger charge is -2.21. The first-order valence-electron chi connectivity index (χ1n) is 10.5. The molecule has 1 fully saturated rings. The number of nitrogens with one attached hydrogen (secondary N) is 2. The quantitative estimate of drug-likeness (QED) is 0.332. The van der Waals surface area contributed by atoms with Gasteiger partial charge >= 0.3 is 0 Å². The first-order chi connectivity index (χ1) is 14.0. The van der Waals surface area contributed by atoms with Crippen LogP contribution in [-0.4, -0.2) is 55.5 Å². The van der Waals surface area contributed by atoms with Crippen molar-refractivity contribution in [1.29, 1.82) is 0 Å². The lowest BCUT2D eigenvalue weighted by atomic mass is 10.1. The highest BCUT2D eigenvalue weighted by molar-refractivity contribution is 14.0. The zero-order valence-electron chi connectivity index (χ0n) is 18.6. The van der Waals surface area contributed by atoms with Gasteiger partial charge in [-0.05, 0) is 44.1 Å². The maximum Gasteiger partial charge on any atom is 0.191 e. The van der Waals surface area contributed by atoms with Crippen LogP contribution >= 0.6 is 24.0 Å². The Labute approximate surface area is 199 Å². The Balaban J connectivity index is 0.00000320. The van der Waals surface area contributed by atoms with E-state index < -0.39 is 0 Å². The third kappa shape index (κ3) is 7.56. The molecule has 0 bridgehead atoms. The Morgan fingerprint density at radius 1 is 1.03 bits per heavy atom. The molecule has 30 heavy (non-hydrogen) atoms. The van der Waals surface area contributed by atoms with Crippen molar-refractivity contribution in [2.75, 3.05) is 27.7 Å². The summed E-state index contributed by atoms with van der Waals surface area (Å²) in [5, 5.41) is 7.07. The Kier molecular flexibility index (Phi) is 10.1. The van der Waals surface area contributed by atoms with Crippen LogP contribution in [0.5, 0.6) is 0 Å². The Hall–Kier alpha value is -1.64. The molecule has 164 valence electrons. The van der Waals surface area contributed by atoms with E-state index in [2.05, 4.69) is 101 Å². The summed E-state index contributed by atoms with van der Waals surface area (Å²) >= 11 is 0. The number of hydrogen-bond donors (Lipinski definition) is 2. The molecule has 3 rings (SSSR count). The molecule has 1 aliphatic heterocycles. The molecular formula is C24H36IN5. The molecule has 0 radical (unpaired) electrons. The zero-order chi connectivity index (χ0) is 20.6. The van der Waals surface area contributed by atoms with E-state index in [-0.39, 0.29) is 24.0 Å². The smallest absolute Gasteiger partial charge is 0.191 e. The minimum atomic E-state index is 0. The monoisotopic (exact) mass is 521 g/mol. The summed E-state index contributed by atoms with van der Waals surface area (Å²) in [5.41, 5.74) is 3.97. The number of guanidine groups is 1. The molecule has 5 nitrogen and oxygen atoms in total. The van der Waals surface area contributed by atoms with Crippen molar-refractivity contribution in [2.45, 2.75) is 45.1 Å². The molecule has 2 N–H and O–H groups in total. The predicted octanol–water partition coefficient (Wildman–Crippen LogP) is 3.69. The lowest BCUT2D eigenvalue weighted by Crippen LogP contribution is -2.44. The molecule has 0 saturated carbocycles. The number of hydrogen-bond acceptors (Lipinski definition) is 3. The summed E-state index contributed by atoms with van der Waals surface area (Å²) < 4.78 is 0. The van der Waals surface area contributed by atoms with Gasteiger partial charge in [0, 0.05) is 45.3 Å². The molecule has 2 atom stereocenters. The number of nitrogens with zero attached hydrogens (tertiary/aromatic N) is 3. The van der Waals surface area contributed by atoms with E-state index in [1.807, 2.05) is 7.05 Å². The summed E-state index contributed by atoms with van der Waals surface area (Å²) in [6.45, 7) is 6.10. The van der Waals surface area contributed by atoms with Crippen molar-refractivity contribution in [3.63, 3.8) is 0 Å². The van der Waals surface area contributed by atoms with Crippen molar-refractivity contribution >= 4 is 29.9 Å². The Morgan fingerprint density at radius 2 is 1.70 bits per heavy atom. The SMILES string of the molecule is CN=C(NCc1ccc(CN(C)C)cc1)NC1CC(C)N(Cc2ccccc2)C1.I. The van der Waals surface area contributed by atoms with E-state index in [0.717, 1.165) is 38.6 Å². The van der Waals surface area contributed by atoms with E-state index in [4.69, 9.17) is 0 Å². The lowest BCUT2D eigenvalue weighted by molar-refractivity contribution is 0.258. The minimum absolute atomic E-state index is 0. The van der Waals surface area contributed by atoms with Gasteiger partial charge in [0.05, 0.1) is 0 Å². The van der Waals surface area contributed by atoms with Gasteiger partial charge in [-0.25, -0.2) is 0 Å². The van der Waals surface area contributed by atoms with Gasteiger partial charge in [0.25, 0.3) is 0 Å². The van der Waals surface area contributed by atoms with Gasteiger partial charge in [0.1, 0.15) is 0 Å². The summed E-state index contributed by atoms with van der Waals surface area (Å²) in [4.78, 5) is 9.16. The average Bonchev–Trinajstić information content (AvgIpc) is 3.05. The van der Waals surface area contributed by atoms with E-state index in [0.29, 0.717) is 12.1 Å². The third-order valence-electron chi connectivity index (χ3n) is 5.48. The number of aliphatic imine (C=N–C) groups is 1. The van der Waals surface area contributed by atoms with E-state index in [1.54, 1.807) is 0 Å². The number of benzene rings is 2. The maximum absolute atomic E-state index is 4.43. The molecule has 1 saturated heterocycles. The van der Waals surface area contributed by atoms with Crippen LogP contribution in [0.15, 0.2) is 59.6 Å². The minimum Gasteiger partial charge on any atom is -0.352 e. The van der Waals surface area contributed by atoms with Crippen molar-refractivity contribution < 1.29 is 0 Å². The van der Waals surface area contributed by atoms with Crippen LogP contribution in [-0.2, 0) is 19.6 Å². The molecular weight excluding hydrogens is 485 g/mol. The van der Waals surface area contributed by atoms with Crippen LogP contribution in [0.2, 0.25) is 0 Å². The van der Waals surface area contributed by atoms with E-state index in [1.165, 1.54) is 16.7 Å². The van der Waals surface area contributed by atoms with Gasteiger partial charge in [0.2, 0.25) is 0 Å². The van der Waals surface area contributed by atoms with Crippen molar-refractivity contribution in [3.05, 3.63) is 71.3 Å². The molecule has 0 amide bonds. The topological polar surface area (TPSA) is 42.9 Å². The molecule has 1 aliphatic rings. The first-order valence-corrected chi connectivity index (χ1v) is 10.5. The fraction of sp³-hybridized carbons (Fsp3) is 0.458. The molecule has 0 aliphatic carbocycles. The number of rotatable bonds is 7. The Bertz CT molecular complexity index is 776. The van der Waals surface area contributed by atoms with E-state index in [9.17, 15) is 0 Å². The van der Waals surface area contributed by atoms with Gasteiger partial charge in [-0.1, -0.05) is 54.6 Å². The van der Waals surface area contributed by atoms with Crippen LogP contribution in [0.1, 0.15) is 30.0 Å². The van der Waals surface area contributed by atoms with Gasteiger partial charge in [-0.3, -0.25) is 9.89 Å². The van der Waals surface area contributed by atoms with Crippen molar-refractivity contribution in [2.24, 2.45) is 4.99 Å². The Morgan fingerprint density at radius 3 is 2.33 bits per heavy atom. The molecule has 2 aromatic carbocycles. The van der Waals surface area contributed by atoms with Gasteiger partial charge in [-0.2, -0.15) is 0 Å². The standard InChI is InChI=1S/C24H35N5.HI/c1-19-14-23(18-29(19)17-21-8-6-5-7-9-21)27-24(25-2)26-15-20-10-12-22(13-11-20)16-28(3)4;/h5-13,19,23H,14-18H2,1-4H3,(H2,25,26,27);1H. The molecule has 0 spiro atoms. The zero-order valence-corrected chi connectivity index (χ0v) is 21.0. The average molecular weight is 521 g/mol. The second kappa shape index (κ2) is 12.3. The van der Waals surface area contributed by atoms with E-state index >= 15 is 0 Å². The number of likely N-dealkylation sites (tertiary alicyclic amines) is 1. The van der Waals surface area contributed by atoms with Crippen LogP contribution in [0, 0.1) is 0 Å². The van der Waals surface area contributed by atoms with Crippen LogP contribution in [0.3, 0.4) is 0 Å². The van der Waals surface area contributed by atoms with Crippen LogP contribution in [0.4, 0.5) is 0 Å². The molecule has 2 aromatic rings. The fourth-order valence-electron chi connectivity index (χ4n) is 3.94. The fourth-order valence-corrected chi connectivity index (χ4v) is 3.94. The highest BCUT2D eigenvalue weighted by Crippen LogP contribution is 2.20. The van der Waals surface area contributed by atoms with Gasteiger partial charge in [-0.15, -0.1) is 24.0 Å². The van der Waals surface area contributed by atoms with Crippen LogP contribution < -0.4 is 10.6 Å². The summed E-state index contributed by atoms with van der Waals surface area (Å²) in [6.07, 6.45) is 1.13. The summed E-state index contributed by atoms with van der Waals surface area (Å²) in [6, 6.07) is 20.5. The summed E-state index contributed by atoms with van der Waals surface area (Å²) in [5.74, 6) is 0.876. The molecule has 1 heterocycles. The summed E-state index contributed by atoms with van der Waals surface area (Å²) in [7, 11) is 6.03. The first kappa shape index (κ1) is 24.6. The second-order valence-corrected chi connectivity index (χ2v) is 8.32. The van der Waals surface area contributed by atoms with Gasteiger partial charge in [0.15, 0.2) is 5.96 Å². The maximum atomic E-state index is 4.43. The van der Waals surface area contributed by atoms with Gasteiger partial charge < -0.3 is 15.5 Å². The second-order valence-electron chi connectivity index (χ2n) is 8.32. The van der Waals surface area contributed by atoms with Crippen molar-refractivity contribution in [3.8, 4) is 0 Å². The van der Waals surface area contributed by atoms with Crippen molar-refractivity contribution in [1.82, 2.24) is 20.4 Å². The third-order valence-corrected chi connectivity index (χ3v) is 5.48. The molecule has 0 aromatic heterocycles. The molecule has 2 unspecified atom stereocenters. The van der Waals surface area contributed by atoms with Crippen LogP contribution in [0.25, 0.3) is 0 Å². The highest BCUT2D eigenvalue weighted by Gasteiger charge is 2.29. The highest BCUT2D eigenvalue weighted by atomic mass is 127. The normalized spacial score (nSPS) is 19.6.